The van der Waals surface area contributed by atoms with Gasteiger partial charge in [-0.2, -0.15) is 0 Å². The summed E-state index contributed by atoms with van der Waals surface area (Å²) in [6, 6.07) is 10.5. The van der Waals surface area contributed by atoms with Gasteiger partial charge >= 0.3 is 0 Å². The number of hydrogen-bond donors (Lipinski definition) is 1. The zero-order chi connectivity index (χ0) is 17.5. The van der Waals surface area contributed by atoms with Crippen LogP contribution in [0.4, 0.5) is 0 Å². The number of ether oxygens (including phenoxy) is 1. The number of benzene rings is 1. The number of nitrogens with one attached hydrogen (secondary N) is 1. The minimum absolute atomic E-state index is 0.821. The molecule has 1 N–H and O–H groups in total. The Morgan fingerprint density at radius 3 is 2.75 bits per heavy atom. The molecule has 0 unspecified atom stereocenters. The Morgan fingerprint density at radius 1 is 1.33 bits per heavy atom. The summed E-state index contributed by atoms with van der Waals surface area (Å²) in [6.45, 7) is 3.71. The van der Waals surface area contributed by atoms with Crippen LogP contribution in [0.25, 0.3) is 0 Å². The van der Waals surface area contributed by atoms with Gasteiger partial charge in [-0.05, 0) is 42.7 Å². The third-order valence-electron chi connectivity index (χ3n) is 4.19. The Kier molecular flexibility index (Phi) is 6.29. The summed E-state index contributed by atoms with van der Waals surface area (Å²) in [6.07, 6.45) is 2.98. The van der Waals surface area contributed by atoms with Crippen molar-refractivity contribution in [1.82, 2.24) is 14.8 Å². The lowest BCUT2D eigenvalue weighted by molar-refractivity contribution is 0.411. The lowest BCUT2D eigenvalue weighted by Crippen LogP contribution is -2.39. The molecule has 0 aliphatic rings. The van der Waals surface area contributed by atoms with Gasteiger partial charge in [0.15, 0.2) is 5.96 Å². The molecule has 0 aliphatic carbocycles. The second-order valence-corrected chi connectivity index (χ2v) is 5.99. The molecule has 0 aliphatic heterocycles. The van der Waals surface area contributed by atoms with Crippen molar-refractivity contribution in [2.45, 2.75) is 19.9 Å². The van der Waals surface area contributed by atoms with Crippen LogP contribution in [0.5, 0.6) is 5.75 Å². The average Bonchev–Trinajstić information content (AvgIpc) is 2.97. The Morgan fingerprint density at radius 2 is 2.12 bits per heavy atom. The number of guanidine groups is 1. The van der Waals surface area contributed by atoms with E-state index >= 15 is 0 Å². The van der Waals surface area contributed by atoms with E-state index in [-0.39, 0.29) is 0 Å². The third kappa shape index (κ3) is 4.54. The Labute approximate surface area is 145 Å². The second kappa shape index (κ2) is 8.43. The van der Waals surface area contributed by atoms with E-state index in [1.54, 1.807) is 7.11 Å². The molecule has 5 nitrogen and oxygen atoms in total. The van der Waals surface area contributed by atoms with E-state index in [0.717, 1.165) is 36.8 Å². The standard InChI is InChI=1S/C19H28N4O/c1-15-8-9-16(13-18(15)24-5)10-11-21-19(20-2)23(4)14-17-7-6-12-22(17)3/h6-9,12-13H,10-11,14H2,1-5H3,(H,20,21). The van der Waals surface area contributed by atoms with Crippen molar-refractivity contribution in [3.8, 4) is 5.75 Å². The smallest absolute Gasteiger partial charge is 0.193 e. The van der Waals surface area contributed by atoms with Gasteiger partial charge in [-0.3, -0.25) is 4.99 Å². The van der Waals surface area contributed by atoms with Crippen molar-refractivity contribution >= 4 is 5.96 Å². The first-order chi connectivity index (χ1) is 11.5. The van der Waals surface area contributed by atoms with E-state index in [4.69, 9.17) is 4.74 Å². The Hall–Kier alpha value is -2.43. The first-order valence-corrected chi connectivity index (χ1v) is 8.20. The van der Waals surface area contributed by atoms with Crippen LogP contribution < -0.4 is 10.1 Å². The highest BCUT2D eigenvalue weighted by Gasteiger charge is 2.08. The maximum Gasteiger partial charge on any atom is 0.193 e. The normalized spacial score (nSPS) is 11.5. The molecule has 2 rings (SSSR count). The summed E-state index contributed by atoms with van der Waals surface area (Å²) < 4.78 is 7.52. The number of aliphatic imine (C=N–C) groups is 1. The lowest BCUT2D eigenvalue weighted by Gasteiger charge is -2.22. The van der Waals surface area contributed by atoms with Crippen LogP contribution in [0.15, 0.2) is 41.5 Å². The highest BCUT2D eigenvalue weighted by atomic mass is 16.5. The Balaban J connectivity index is 1.88. The summed E-state index contributed by atoms with van der Waals surface area (Å²) in [4.78, 5) is 6.50. The monoisotopic (exact) mass is 328 g/mol. The highest BCUT2D eigenvalue weighted by molar-refractivity contribution is 5.79. The highest BCUT2D eigenvalue weighted by Crippen LogP contribution is 2.19. The molecule has 130 valence electrons. The van der Waals surface area contributed by atoms with Gasteiger partial charge in [0.05, 0.1) is 13.7 Å². The van der Waals surface area contributed by atoms with Crippen LogP contribution in [0.2, 0.25) is 0 Å². The predicted octanol–water partition coefficient (Wildman–Crippen LogP) is 2.59. The van der Waals surface area contributed by atoms with Gasteiger partial charge in [0, 0.05) is 39.6 Å². The van der Waals surface area contributed by atoms with Gasteiger partial charge in [0.2, 0.25) is 0 Å². The molecular formula is C19H28N4O. The summed E-state index contributed by atoms with van der Waals surface area (Å²) in [5.74, 6) is 1.84. The van der Waals surface area contributed by atoms with E-state index in [0.29, 0.717) is 0 Å². The van der Waals surface area contributed by atoms with E-state index in [1.807, 2.05) is 7.05 Å². The summed E-state index contributed by atoms with van der Waals surface area (Å²) in [5.41, 5.74) is 3.67. The van der Waals surface area contributed by atoms with Crippen LogP contribution in [0.1, 0.15) is 16.8 Å². The number of aryl methyl sites for hydroxylation is 2. The average molecular weight is 328 g/mol. The molecule has 5 heteroatoms. The van der Waals surface area contributed by atoms with E-state index in [9.17, 15) is 0 Å². The van der Waals surface area contributed by atoms with Crippen LogP contribution in [-0.4, -0.2) is 43.2 Å². The topological polar surface area (TPSA) is 41.8 Å². The maximum absolute atomic E-state index is 5.39. The van der Waals surface area contributed by atoms with Crippen LogP contribution >= 0.6 is 0 Å². The second-order valence-electron chi connectivity index (χ2n) is 5.99. The third-order valence-corrected chi connectivity index (χ3v) is 4.19. The number of methoxy groups -OCH3 is 1. The molecule has 0 spiro atoms. The molecule has 1 aromatic heterocycles. The zero-order valence-corrected chi connectivity index (χ0v) is 15.3. The molecule has 0 saturated heterocycles. The Bertz CT molecular complexity index is 690. The van der Waals surface area contributed by atoms with Gasteiger partial charge in [0.25, 0.3) is 0 Å². The van der Waals surface area contributed by atoms with Crippen molar-refractivity contribution in [3.63, 3.8) is 0 Å². The first-order valence-electron chi connectivity index (χ1n) is 8.20. The van der Waals surface area contributed by atoms with Crippen LogP contribution in [-0.2, 0) is 20.0 Å². The zero-order valence-electron chi connectivity index (χ0n) is 15.3. The van der Waals surface area contributed by atoms with Crippen LogP contribution in [0.3, 0.4) is 0 Å². The quantitative estimate of drug-likeness (QED) is 0.655. The minimum atomic E-state index is 0.821. The molecule has 24 heavy (non-hydrogen) atoms. The lowest BCUT2D eigenvalue weighted by atomic mass is 10.1. The molecule has 1 aromatic carbocycles. The number of aromatic nitrogens is 1. The van der Waals surface area contributed by atoms with Gasteiger partial charge in [0.1, 0.15) is 5.75 Å². The summed E-state index contributed by atoms with van der Waals surface area (Å²) >= 11 is 0. The summed E-state index contributed by atoms with van der Waals surface area (Å²) in [7, 11) is 7.64. The molecule has 0 radical (unpaired) electrons. The predicted molar refractivity (Wildman–Crippen MR) is 99.7 cm³/mol. The molecule has 0 fully saturated rings. The van der Waals surface area contributed by atoms with Gasteiger partial charge in [-0.1, -0.05) is 12.1 Å². The summed E-state index contributed by atoms with van der Waals surface area (Å²) in [5, 5.41) is 3.43. The first kappa shape index (κ1) is 17.9. The number of hydrogen-bond acceptors (Lipinski definition) is 2. The number of rotatable bonds is 6. The van der Waals surface area contributed by atoms with Crippen LogP contribution in [0, 0.1) is 6.92 Å². The molecule has 0 saturated carbocycles. The fraction of sp³-hybridized carbons (Fsp3) is 0.421. The SMILES string of the molecule is CN=C(NCCc1ccc(C)c(OC)c1)N(C)Cc1cccn1C. The van der Waals surface area contributed by atoms with Crippen molar-refractivity contribution in [2.75, 3.05) is 27.7 Å². The van der Waals surface area contributed by atoms with Crippen molar-refractivity contribution in [3.05, 3.63) is 53.3 Å². The van der Waals surface area contributed by atoms with Crippen molar-refractivity contribution in [2.24, 2.45) is 12.0 Å². The minimum Gasteiger partial charge on any atom is -0.496 e. The van der Waals surface area contributed by atoms with Crippen molar-refractivity contribution < 1.29 is 4.74 Å². The van der Waals surface area contributed by atoms with E-state index < -0.39 is 0 Å². The van der Waals surface area contributed by atoms with E-state index in [1.165, 1.54) is 11.3 Å². The number of nitrogens with zero attached hydrogens (tertiary/aromatic N) is 3. The fourth-order valence-corrected chi connectivity index (χ4v) is 2.70. The van der Waals surface area contributed by atoms with Crippen molar-refractivity contribution in [1.29, 1.82) is 0 Å². The molecular weight excluding hydrogens is 300 g/mol. The molecule has 0 amide bonds. The van der Waals surface area contributed by atoms with Gasteiger partial charge < -0.3 is 19.5 Å². The maximum atomic E-state index is 5.39. The largest absolute Gasteiger partial charge is 0.496 e. The molecule has 0 atom stereocenters. The fourth-order valence-electron chi connectivity index (χ4n) is 2.70. The molecule has 0 bridgehead atoms. The van der Waals surface area contributed by atoms with E-state index in [2.05, 4.69) is 77.3 Å². The van der Waals surface area contributed by atoms with Gasteiger partial charge in [-0.15, -0.1) is 0 Å². The molecule has 1 heterocycles. The molecule has 2 aromatic rings. The van der Waals surface area contributed by atoms with Gasteiger partial charge in [-0.25, -0.2) is 0 Å².